The Morgan fingerprint density at radius 2 is 2.05 bits per heavy atom. The lowest BCUT2D eigenvalue weighted by molar-refractivity contribution is -0.137. The average molecular weight is 585 g/mol. The molecule has 1 aliphatic heterocycles. The quantitative estimate of drug-likeness (QED) is 0.430. The number of alkyl halides is 2. The second kappa shape index (κ2) is 10.0. The van der Waals surface area contributed by atoms with E-state index < -0.39 is 33.0 Å². The lowest BCUT2D eigenvalue weighted by Gasteiger charge is -2.42. The zero-order valence-corrected chi connectivity index (χ0v) is 23.5. The number of aromatic nitrogens is 4. The average Bonchev–Trinajstić information content (AvgIpc) is 3.30. The van der Waals surface area contributed by atoms with Gasteiger partial charge in [-0.25, -0.2) is 26.9 Å². The number of hydrogen-bond acceptors (Lipinski definition) is 9. The van der Waals surface area contributed by atoms with Gasteiger partial charge in [-0.15, -0.1) is 10.2 Å². The number of carbonyl (C=O) groups is 1. The number of hydrogen-bond donors (Lipinski definition) is 1. The summed E-state index contributed by atoms with van der Waals surface area (Å²) in [5.74, 6) is 0.0274. The van der Waals surface area contributed by atoms with Crippen LogP contribution >= 0.6 is 11.3 Å². The standard InChI is InChI=1S/C24H32F2N8O3S2/c1-14-12-32(8-9-33(14)23(35)15(2)31(4)5)17-10-16(39(36,37)30-24(3)6-7-24)13-34-18(17)11-27-20(34)22-29-28-21(38-22)19(25)26/h10-11,13-15,19,30H,6-9,12H2,1-5H3/t14-,15-/m0/s1/i4D,5D. The second-order valence-corrected chi connectivity index (χ2v) is 13.1. The minimum Gasteiger partial charge on any atom is -0.366 e. The Kier molecular flexibility index (Phi) is 6.48. The number of halogens is 2. The highest BCUT2D eigenvalue weighted by molar-refractivity contribution is 7.89. The van der Waals surface area contributed by atoms with Crippen molar-refractivity contribution in [2.24, 2.45) is 0 Å². The van der Waals surface area contributed by atoms with Crippen LogP contribution in [0.1, 0.15) is 47.8 Å². The van der Waals surface area contributed by atoms with Crippen LogP contribution in [0, 0.1) is 0 Å². The van der Waals surface area contributed by atoms with E-state index in [4.69, 9.17) is 2.74 Å². The van der Waals surface area contributed by atoms with E-state index in [9.17, 15) is 22.0 Å². The summed E-state index contributed by atoms with van der Waals surface area (Å²) < 4.78 is 72.9. The SMILES string of the molecule is [2H]CN(C[2H])[C@@H](C)C(=O)N1CCN(c2cc(S(=O)(=O)NC3(C)CC3)cn3c(-c4nnc(C(F)F)s4)ncc23)C[C@@H]1C. The van der Waals surface area contributed by atoms with Crippen LogP contribution in [0.3, 0.4) is 0 Å². The van der Waals surface area contributed by atoms with Crippen molar-refractivity contribution in [2.45, 2.75) is 62.6 Å². The summed E-state index contributed by atoms with van der Waals surface area (Å²) in [6.07, 6.45) is 1.62. The van der Waals surface area contributed by atoms with Crippen LogP contribution in [0.25, 0.3) is 16.3 Å². The lowest BCUT2D eigenvalue weighted by atomic mass is 10.1. The maximum atomic E-state index is 13.5. The summed E-state index contributed by atoms with van der Waals surface area (Å²) in [5, 5.41) is 7.10. The molecular formula is C24H32F2N8O3S2. The Labute approximate surface area is 232 Å². The molecule has 0 unspecified atom stereocenters. The fourth-order valence-electron chi connectivity index (χ4n) is 4.60. The molecule has 3 aromatic heterocycles. The first-order valence-corrected chi connectivity index (χ1v) is 14.7. The van der Waals surface area contributed by atoms with Crippen molar-refractivity contribution in [1.29, 1.82) is 0 Å². The highest BCUT2D eigenvalue weighted by atomic mass is 32.2. The van der Waals surface area contributed by atoms with Crippen LogP contribution in [-0.4, -0.2) is 95.0 Å². The van der Waals surface area contributed by atoms with Crippen LogP contribution in [0.15, 0.2) is 23.4 Å². The molecule has 1 aliphatic carbocycles. The van der Waals surface area contributed by atoms with E-state index in [0.717, 1.165) is 12.8 Å². The third-order valence-corrected chi connectivity index (χ3v) is 9.79. The molecule has 1 N–H and O–H groups in total. The number of sulfonamides is 1. The third-order valence-electron chi connectivity index (χ3n) is 7.26. The van der Waals surface area contributed by atoms with Crippen molar-refractivity contribution >= 4 is 38.5 Å². The Morgan fingerprint density at radius 3 is 2.67 bits per heavy atom. The van der Waals surface area contributed by atoms with Crippen molar-refractivity contribution in [3.8, 4) is 10.8 Å². The van der Waals surface area contributed by atoms with E-state index in [1.165, 1.54) is 11.1 Å². The summed E-state index contributed by atoms with van der Waals surface area (Å²) in [5.41, 5.74) is 0.609. The van der Waals surface area contributed by atoms with Crippen molar-refractivity contribution in [1.82, 2.24) is 34.1 Å². The van der Waals surface area contributed by atoms with E-state index in [2.05, 4.69) is 19.9 Å². The molecule has 1 amide bonds. The van der Waals surface area contributed by atoms with Crippen LogP contribution < -0.4 is 9.62 Å². The topological polar surface area (TPSA) is 116 Å². The molecule has 2 aliphatic rings. The molecule has 0 spiro atoms. The van der Waals surface area contributed by atoms with Gasteiger partial charge in [0, 0.05) is 40.2 Å². The van der Waals surface area contributed by atoms with E-state index in [1.807, 2.05) is 18.7 Å². The van der Waals surface area contributed by atoms with Gasteiger partial charge in [-0.3, -0.25) is 14.1 Å². The number of carbonyl (C=O) groups excluding carboxylic acids is 1. The predicted octanol–water partition coefficient (Wildman–Crippen LogP) is 2.61. The first kappa shape index (κ1) is 25.2. The molecule has 3 aromatic rings. The lowest BCUT2D eigenvalue weighted by Crippen LogP contribution is -2.57. The van der Waals surface area contributed by atoms with Crippen LogP contribution in [0.5, 0.6) is 0 Å². The molecule has 5 rings (SSSR count). The zero-order chi connectivity index (χ0) is 29.7. The molecule has 1 saturated heterocycles. The van der Waals surface area contributed by atoms with Gasteiger partial charge in [-0.1, -0.05) is 11.3 Å². The molecule has 0 aromatic carbocycles. The van der Waals surface area contributed by atoms with E-state index in [1.54, 1.807) is 28.5 Å². The van der Waals surface area contributed by atoms with E-state index in [-0.39, 0.29) is 41.7 Å². The zero-order valence-electron chi connectivity index (χ0n) is 23.8. The number of piperazine rings is 1. The second-order valence-electron chi connectivity index (χ2n) is 10.4. The van der Waals surface area contributed by atoms with Crippen LogP contribution in [0.2, 0.25) is 0 Å². The smallest absolute Gasteiger partial charge is 0.291 e. The summed E-state index contributed by atoms with van der Waals surface area (Å²) in [6.45, 7) is 6.55. The van der Waals surface area contributed by atoms with E-state index in [0.29, 0.717) is 42.2 Å². The number of fused-ring (bicyclic) bond motifs is 1. The molecule has 39 heavy (non-hydrogen) atoms. The minimum absolute atomic E-state index is 0.00714. The molecule has 4 heterocycles. The maximum absolute atomic E-state index is 13.5. The van der Waals surface area contributed by atoms with Gasteiger partial charge in [0.15, 0.2) is 15.8 Å². The Bertz CT molecular complexity index is 1540. The minimum atomic E-state index is -3.94. The van der Waals surface area contributed by atoms with Gasteiger partial charge in [-0.05, 0) is 53.7 Å². The van der Waals surface area contributed by atoms with Gasteiger partial charge < -0.3 is 9.80 Å². The van der Waals surface area contributed by atoms with Gasteiger partial charge in [0.1, 0.15) is 4.90 Å². The van der Waals surface area contributed by atoms with Crippen molar-refractivity contribution in [3.63, 3.8) is 0 Å². The van der Waals surface area contributed by atoms with Gasteiger partial charge in [0.2, 0.25) is 15.9 Å². The van der Waals surface area contributed by atoms with Gasteiger partial charge in [-0.2, -0.15) is 0 Å². The number of rotatable bonds is 8. The van der Waals surface area contributed by atoms with Crippen LogP contribution in [-0.2, 0) is 14.8 Å². The molecular weight excluding hydrogens is 550 g/mol. The number of nitrogens with zero attached hydrogens (tertiary/aromatic N) is 7. The number of anilines is 1. The molecule has 0 radical (unpaired) electrons. The Hall–Kier alpha value is -2.75. The molecule has 212 valence electrons. The summed E-state index contributed by atoms with van der Waals surface area (Å²) in [4.78, 5) is 22.7. The molecule has 15 heteroatoms. The largest absolute Gasteiger partial charge is 0.366 e. The fraction of sp³-hybridized carbons (Fsp3) is 0.583. The number of amides is 1. The van der Waals surface area contributed by atoms with Gasteiger partial charge in [0.25, 0.3) is 6.43 Å². The first-order valence-electron chi connectivity index (χ1n) is 13.8. The number of likely N-dealkylation sites (N-methyl/N-ethyl adjacent to an activating group) is 1. The van der Waals surface area contributed by atoms with Gasteiger partial charge >= 0.3 is 0 Å². The molecule has 2 atom stereocenters. The third kappa shape index (κ3) is 5.36. The number of nitrogens with one attached hydrogen (secondary N) is 1. The summed E-state index contributed by atoms with van der Waals surface area (Å²) in [6, 6.07) is 0.713. The number of imidazole rings is 1. The van der Waals surface area contributed by atoms with Crippen LogP contribution in [0.4, 0.5) is 14.5 Å². The number of pyridine rings is 1. The van der Waals surface area contributed by atoms with Crippen molar-refractivity contribution < 1.29 is 24.7 Å². The monoisotopic (exact) mass is 584 g/mol. The molecule has 1 saturated carbocycles. The Balaban J connectivity index is 1.52. The molecule has 2 fully saturated rings. The van der Waals surface area contributed by atoms with Gasteiger partial charge in [0.05, 0.1) is 23.4 Å². The fourth-order valence-corrected chi connectivity index (χ4v) is 6.77. The summed E-state index contributed by atoms with van der Waals surface area (Å²) >= 11 is 0.692. The van der Waals surface area contributed by atoms with E-state index >= 15 is 0 Å². The first-order chi connectivity index (χ1) is 19.4. The van der Waals surface area contributed by atoms with Crippen molar-refractivity contribution in [3.05, 3.63) is 23.5 Å². The maximum Gasteiger partial charge on any atom is 0.291 e. The molecule has 0 bridgehead atoms. The van der Waals surface area contributed by atoms with Crippen molar-refractivity contribution in [2.75, 3.05) is 38.6 Å². The Morgan fingerprint density at radius 1 is 1.31 bits per heavy atom. The highest BCUT2D eigenvalue weighted by Crippen LogP contribution is 2.38. The predicted molar refractivity (Wildman–Crippen MR) is 144 cm³/mol. The highest BCUT2D eigenvalue weighted by Gasteiger charge is 2.42. The molecule has 11 nitrogen and oxygen atoms in total. The normalized spacial score (nSPS) is 20.9. The summed E-state index contributed by atoms with van der Waals surface area (Å²) in [7, 11) is -4.26.